The van der Waals surface area contributed by atoms with Crippen molar-refractivity contribution in [2.24, 2.45) is 0 Å². The van der Waals surface area contributed by atoms with Crippen molar-refractivity contribution in [1.29, 1.82) is 0 Å². The number of rotatable bonds is 4. The lowest BCUT2D eigenvalue weighted by Crippen LogP contribution is -2.19. The minimum absolute atomic E-state index is 0.187. The summed E-state index contributed by atoms with van der Waals surface area (Å²) in [4.78, 5) is 0. The predicted molar refractivity (Wildman–Crippen MR) is 65.2 cm³/mol. The Labute approximate surface area is 93.5 Å². The normalized spacial score (nSPS) is 13.9. The van der Waals surface area contributed by atoms with E-state index in [9.17, 15) is 0 Å². The summed E-state index contributed by atoms with van der Waals surface area (Å²) in [5.41, 5.74) is 2.46. The van der Waals surface area contributed by atoms with Gasteiger partial charge in [0.05, 0.1) is 5.60 Å². The summed E-state index contributed by atoms with van der Waals surface area (Å²) >= 11 is 0. The van der Waals surface area contributed by atoms with Crippen molar-refractivity contribution in [1.82, 2.24) is 0 Å². The number of benzene rings is 1. The first-order valence-electron chi connectivity index (χ1n) is 5.67. The van der Waals surface area contributed by atoms with Crippen LogP contribution in [-0.2, 0) is 10.3 Å². The van der Waals surface area contributed by atoms with Gasteiger partial charge in [0, 0.05) is 7.11 Å². The van der Waals surface area contributed by atoms with Crippen LogP contribution in [0.1, 0.15) is 51.2 Å². The molecule has 0 aliphatic carbocycles. The van der Waals surface area contributed by atoms with E-state index in [1.807, 2.05) is 0 Å². The Kier molecular flexibility index (Phi) is 3.92. The maximum absolute atomic E-state index is 5.45. The first-order valence-corrected chi connectivity index (χ1v) is 5.67. The molecule has 1 atom stereocenters. The van der Waals surface area contributed by atoms with Crippen LogP contribution in [0.5, 0.6) is 0 Å². The molecule has 0 aliphatic heterocycles. The molecule has 0 spiro atoms. The Morgan fingerprint density at radius 3 is 2.13 bits per heavy atom. The average molecular weight is 206 g/mol. The van der Waals surface area contributed by atoms with E-state index in [-0.39, 0.29) is 5.60 Å². The minimum Gasteiger partial charge on any atom is -0.374 e. The quantitative estimate of drug-likeness (QED) is 0.721. The fraction of sp³-hybridized carbons (Fsp3) is 0.571. The lowest BCUT2D eigenvalue weighted by atomic mass is 9.93. The highest BCUT2D eigenvalue weighted by atomic mass is 16.5. The van der Waals surface area contributed by atoms with Crippen molar-refractivity contribution >= 4 is 0 Å². The van der Waals surface area contributed by atoms with Crippen molar-refractivity contribution < 1.29 is 4.74 Å². The number of hydrogen-bond acceptors (Lipinski definition) is 1. The Bertz CT molecular complexity index is 298. The van der Waals surface area contributed by atoms with Crippen molar-refractivity contribution in [3.05, 3.63) is 35.4 Å². The highest BCUT2D eigenvalue weighted by molar-refractivity contribution is 5.28. The second kappa shape index (κ2) is 4.80. The fourth-order valence-corrected chi connectivity index (χ4v) is 1.57. The largest absolute Gasteiger partial charge is 0.374 e. The van der Waals surface area contributed by atoms with Gasteiger partial charge in [-0.2, -0.15) is 0 Å². The topological polar surface area (TPSA) is 9.23 Å². The molecule has 0 amide bonds. The molecule has 1 heteroatoms. The Morgan fingerprint density at radius 2 is 1.73 bits per heavy atom. The standard InChI is InChI=1S/C14H22O/c1-6-11(2)12-7-9-13(10-8-12)14(3,4)15-5/h7-11H,6H2,1-5H3. The minimum atomic E-state index is -0.187. The molecule has 0 aliphatic rings. The highest BCUT2D eigenvalue weighted by Gasteiger charge is 2.19. The smallest absolute Gasteiger partial charge is 0.0871 e. The van der Waals surface area contributed by atoms with Gasteiger partial charge >= 0.3 is 0 Å². The zero-order valence-corrected chi connectivity index (χ0v) is 10.5. The summed E-state index contributed by atoms with van der Waals surface area (Å²) in [5.74, 6) is 0.643. The number of ether oxygens (including phenoxy) is 1. The number of hydrogen-bond donors (Lipinski definition) is 0. The van der Waals surface area contributed by atoms with Crippen LogP contribution in [0.2, 0.25) is 0 Å². The summed E-state index contributed by atoms with van der Waals surface area (Å²) in [6, 6.07) is 8.77. The summed E-state index contributed by atoms with van der Waals surface area (Å²) in [7, 11) is 1.75. The van der Waals surface area contributed by atoms with E-state index in [0.717, 1.165) is 0 Å². The zero-order chi connectivity index (χ0) is 11.5. The molecule has 1 aromatic rings. The molecule has 84 valence electrons. The van der Waals surface area contributed by atoms with Crippen LogP contribution in [-0.4, -0.2) is 7.11 Å². The highest BCUT2D eigenvalue weighted by Crippen LogP contribution is 2.26. The molecule has 1 nitrogen and oxygen atoms in total. The van der Waals surface area contributed by atoms with Crippen LogP contribution in [0.4, 0.5) is 0 Å². The molecule has 0 N–H and O–H groups in total. The van der Waals surface area contributed by atoms with Crippen molar-refractivity contribution in [2.45, 2.75) is 45.6 Å². The molecule has 0 saturated heterocycles. The first kappa shape index (κ1) is 12.3. The molecule has 0 radical (unpaired) electrons. The van der Waals surface area contributed by atoms with Gasteiger partial charge in [-0.05, 0) is 37.3 Å². The van der Waals surface area contributed by atoms with Crippen molar-refractivity contribution in [2.75, 3.05) is 7.11 Å². The van der Waals surface area contributed by atoms with Gasteiger partial charge in [0.25, 0.3) is 0 Å². The molecule has 1 rings (SSSR count). The van der Waals surface area contributed by atoms with E-state index in [2.05, 4.69) is 52.0 Å². The Morgan fingerprint density at radius 1 is 1.20 bits per heavy atom. The van der Waals surface area contributed by atoms with Gasteiger partial charge in [-0.15, -0.1) is 0 Å². The third kappa shape index (κ3) is 2.82. The SMILES string of the molecule is CCC(C)c1ccc(C(C)(C)OC)cc1. The number of methoxy groups -OCH3 is 1. The van der Waals surface area contributed by atoms with E-state index < -0.39 is 0 Å². The van der Waals surface area contributed by atoms with Crippen molar-refractivity contribution in [3.63, 3.8) is 0 Å². The first-order chi connectivity index (χ1) is 7.01. The average Bonchev–Trinajstić information content (AvgIpc) is 2.28. The third-order valence-electron chi connectivity index (χ3n) is 3.30. The molecular weight excluding hydrogens is 184 g/mol. The van der Waals surface area contributed by atoms with E-state index in [4.69, 9.17) is 4.74 Å². The molecule has 1 aromatic carbocycles. The predicted octanol–water partition coefficient (Wildman–Crippen LogP) is 4.08. The monoisotopic (exact) mass is 206 g/mol. The second-order valence-electron chi connectivity index (χ2n) is 4.65. The van der Waals surface area contributed by atoms with E-state index in [0.29, 0.717) is 5.92 Å². The summed E-state index contributed by atoms with van der Waals surface area (Å²) < 4.78 is 5.45. The molecule has 0 fully saturated rings. The van der Waals surface area contributed by atoms with Crippen LogP contribution in [0.25, 0.3) is 0 Å². The van der Waals surface area contributed by atoms with Crippen LogP contribution in [0, 0.1) is 0 Å². The van der Waals surface area contributed by atoms with Gasteiger partial charge in [-0.25, -0.2) is 0 Å². The summed E-state index contributed by atoms with van der Waals surface area (Å²) in [6.45, 7) is 8.66. The van der Waals surface area contributed by atoms with Crippen LogP contribution in [0.3, 0.4) is 0 Å². The molecule has 0 aromatic heterocycles. The van der Waals surface area contributed by atoms with Crippen molar-refractivity contribution in [3.8, 4) is 0 Å². The van der Waals surface area contributed by atoms with E-state index in [1.165, 1.54) is 17.5 Å². The van der Waals surface area contributed by atoms with E-state index in [1.54, 1.807) is 7.11 Å². The molecule has 1 unspecified atom stereocenters. The molecule has 0 saturated carbocycles. The lowest BCUT2D eigenvalue weighted by molar-refractivity contribution is 0.0192. The van der Waals surface area contributed by atoms with Gasteiger partial charge in [-0.1, -0.05) is 38.1 Å². The lowest BCUT2D eigenvalue weighted by Gasteiger charge is -2.24. The molecule has 0 heterocycles. The van der Waals surface area contributed by atoms with Gasteiger partial charge in [0.1, 0.15) is 0 Å². The fourth-order valence-electron chi connectivity index (χ4n) is 1.57. The van der Waals surface area contributed by atoms with E-state index >= 15 is 0 Å². The van der Waals surface area contributed by atoms with Crippen LogP contribution in [0.15, 0.2) is 24.3 Å². The molecular formula is C14H22O. The Hall–Kier alpha value is -0.820. The van der Waals surface area contributed by atoms with Gasteiger partial charge in [0.2, 0.25) is 0 Å². The zero-order valence-electron chi connectivity index (χ0n) is 10.5. The maximum atomic E-state index is 5.45. The third-order valence-corrected chi connectivity index (χ3v) is 3.30. The van der Waals surface area contributed by atoms with Crippen LogP contribution < -0.4 is 0 Å². The molecule has 0 bridgehead atoms. The van der Waals surface area contributed by atoms with Gasteiger partial charge < -0.3 is 4.74 Å². The summed E-state index contributed by atoms with van der Waals surface area (Å²) in [5, 5.41) is 0. The van der Waals surface area contributed by atoms with Crippen LogP contribution >= 0.6 is 0 Å². The van der Waals surface area contributed by atoms with Gasteiger partial charge in [-0.3, -0.25) is 0 Å². The maximum Gasteiger partial charge on any atom is 0.0871 e. The Balaban J connectivity index is 2.90. The van der Waals surface area contributed by atoms with Gasteiger partial charge in [0.15, 0.2) is 0 Å². The second-order valence-corrected chi connectivity index (χ2v) is 4.65. The summed E-state index contributed by atoms with van der Waals surface area (Å²) in [6.07, 6.45) is 1.19. The molecule has 15 heavy (non-hydrogen) atoms.